The molecule has 1 aromatic carbocycles. The van der Waals surface area contributed by atoms with Gasteiger partial charge in [-0.25, -0.2) is 4.79 Å². The van der Waals surface area contributed by atoms with Gasteiger partial charge in [-0.15, -0.1) is 0 Å². The highest BCUT2D eigenvalue weighted by Gasteiger charge is 2.24. The Morgan fingerprint density at radius 2 is 1.71 bits per heavy atom. The first-order valence-corrected chi connectivity index (χ1v) is 7.16. The van der Waals surface area contributed by atoms with Crippen molar-refractivity contribution in [3.63, 3.8) is 0 Å². The lowest BCUT2D eigenvalue weighted by atomic mass is 10.0. The molecule has 0 heterocycles. The Kier molecular flexibility index (Phi) is 6.21. The van der Waals surface area contributed by atoms with E-state index >= 15 is 0 Å². The number of alkyl carbamates (subject to hydrolysis) is 1. The van der Waals surface area contributed by atoms with Gasteiger partial charge in [-0.3, -0.25) is 4.79 Å². The second-order valence-electron chi connectivity index (χ2n) is 5.45. The quantitative estimate of drug-likeness (QED) is 0.876. The summed E-state index contributed by atoms with van der Waals surface area (Å²) in [6.45, 7) is 9.68. The first kappa shape index (κ1) is 17.0. The predicted molar refractivity (Wildman–Crippen MR) is 83.3 cm³/mol. The number of anilines is 1. The monoisotopic (exact) mass is 292 g/mol. The topological polar surface area (TPSA) is 67.4 Å². The predicted octanol–water partition coefficient (Wildman–Crippen LogP) is 3.01. The van der Waals surface area contributed by atoms with Crippen molar-refractivity contribution in [3.05, 3.63) is 29.3 Å². The van der Waals surface area contributed by atoms with E-state index in [1.54, 1.807) is 6.92 Å². The van der Waals surface area contributed by atoms with Gasteiger partial charge in [-0.05, 0) is 49.9 Å². The standard InChI is InChI=1S/C16H24N2O3/c1-6-21-16(20)18-14(10(2)3)15(19)17-13-8-11(4)7-12(5)9-13/h7-10,14H,6H2,1-5H3,(H,17,19)(H,18,20)/t14-/m1/s1. The molecule has 5 heteroatoms. The van der Waals surface area contributed by atoms with Crippen molar-refractivity contribution in [1.82, 2.24) is 5.32 Å². The third-order valence-electron chi connectivity index (χ3n) is 2.99. The van der Waals surface area contributed by atoms with Crippen LogP contribution in [0.25, 0.3) is 0 Å². The number of benzene rings is 1. The smallest absolute Gasteiger partial charge is 0.407 e. The highest BCUT2D eigenvalue weighted by Crippen LogP contribution is 2.15. The van der Waals surface area contributed by atoms with Crippen LogP contribution in [0.4, 0.5) is 10.5 Å². The van der Waals surface area contributed by atoms with Crippen LogP contribution in [0, 0.1) is 19.8 Å². The van der Waals surface area contributed by atoms with Crippen molar-refractivity contribution in [3.8, 4) is 0 Å². The van der Waals surface area contributed by atoms with Crippen LogP contribution in [0.5, 0.6) is 0 Å². The summed E-state index contributed by atoms with van der Waals surface area (Å²) < 4.78 is 4.83. The van der Waals surface area contributed by atoms with Gasteiger partial charge in [-0.2, -0.15) is 0 Å². The van der Waals surface area contributed by atoms with Crippen molar-refractivity contribution >= 4 is 17.7 Å². The minimum Gasteiger partial charge on any atom is -0.450 e. The van der Waals surface area contributed by atoms with Gasteiger partial charge in [0.1, 0.15) is 6.04 Å². The Labute approximate surface area is 126 Å². The van der Waals surface area contributed by atoms with Crippen LogP contribution in [0.1, 0.15) is 31.9 Å². The molecule has 116 valence electrons. The maximum atomic E-state index is 12.3. The third-order valence-corrected chi connectivity index (χ3v) is 2.99. The van der Waals surface area contributed by atoms with Gasteiger partial charge in [0.25, 0.3) is 0 Å². The summed E-state index contributed by atoms with van der Waals surface area (Å²) in [5, 5.41) is 5.44. The number of hydrogen-bond acceptors (Lipinski definition) is 3. The van der Waals surface area contributed by atoms with Gasteiger partial charge in [0.05, 0.1) is 6.61 Å². The zero-order valence-electron chi connectivity index (χ0n) is 13.3. The van der Waals surface area contributed by atoms with Crippen molar-refractivity contribution in [2.75, 3.05) is 11.9 Å². The molecule has 2 amide bonds. The molecule has 0 aliphatic carbocycles. The van der Waals surface area contributed by atoms with E-state index in [1.807, 2.05) is 45.9 Å². The number of carbonyl (C=O) groups excluding carboxylic acids is 2. The molecule has 5 nitrogen and oxygen atoms in total. The SMILES string of the molecule is CCOC(=O)N[C@@H](C(=O)Nc1cc(C)cc(C)c1)C(C)C. The summed E-state index contributed by atoms with van der Waals surface area (Å²) in [5.74, 6) is -0.289. The molecular formula is C16H24N2O3. The van der Waals surface area contributed by atoms with E-state index < -0.39 is 12.1 Å². The molecule has 1 aromatic rings. The van der Waals surface area contributed by atoms with E-state index in [-0.39, 0.29) is 18.4 Å². The zero-order valence-corrected chi connectivity index (χ0v) is 13.3. The molecule has 0 aliphatic rings. The van der Waals surface area contributed by atoms with Gasteiger partial charge in [0.2, 0.25) is 5.91 Å². The molecule has 0 fully saturated rings. The molecule has 0 saturated heterocycles. The Morgan fingerprint density at radius 3 is 2.19 bits per heavy atom. The second kappa shape index (κ2) is 7.67. The minimum atomic E-state index is -0.634. The lowest BCUT2D eigenvalue weighted by Gasteiger charge is -2.21. The fourth-order valence-electron chi connectivity index (χ4n) is 2.10. The van der Waals surface area contributed by atoms with Gasteiger partial charge in [0, 0.05) is 5.69 Å². The van der Waals surface area contributed by atoms with Crippen molar-refractivity contribution in [2.45, 2.75) is 40.7 Å². The molecule has 0 aliphatic heterocycles. The Balaban J connectivity index is 2.79. The molecule has 0 unspecified atom stereocenters. The molecule has 0 radical (unpaired) electrons. The normalized spacial score (nSPS) is 11.9. The minimum absolute atomic E-state index is 0.0414. The fourth-order valence-corrected chi connectivity index (χ4v) is 2.10. The number of amides is 2. The molecule has 0 saturated carbocycles. The van der Waals surface area contributed by atoms with E-state index in [2.05, 4.69) is 10.6 Å². The first-order valence-electron chi connectivity index (χ1n) is 7.16. The summed E-state index contributed by atoms with van der Waals surface area (Å²) in [7, 11) is 0. The number of ether oxygens (including phenoxy) is 1. The van der Waals surface area contributed by atoms with Crippen molar-refractivity contribution < 1.29 is 14.3 Å². The lowest BCUT2D eigenvalue weighted by molar-refractivity contribution is -0.119. The summed E-state index contributed by atoms with van der Waals surface area (Å²) >= 11 is 0. The molecule has 0 bridgehead atoms. The molecule has 1 atom stereocenters. The number of rotatable bonds is 5. The van der Waals surface area contributed by atoms with E-state index in [1.165, 1.54) is 0 Å². The largest absolute Gasteiger partial charge is 0.450 e. The highest BCUT2D eigenvalue weighted by molar-refractivity contribution is 5.96. The van der Waals surface area contributed by atoms with E-state index in [0.29, 0.717) is 0 Å². The van der Waals surface area contributed by atoms with Crippen molar-refractivity contribution in [2.24, 2.45) is 5.92 Å². The van der Waals surface area contributed by atoms with Crippen LogP contribution in [-0.4, -0.2) is 24.6 Å². The van der Waals surface area contributed by atoms with Gasteiger partial charge >= 0.3 is 6.09 Å². The maximum absolute atomic E-state index is 12.3. The fraction of sp³-hybridized carbons (Fsp3) is 0.500. The maximum Gasteiger partial charge on any atom is 0.407 e. The number of carbonyl (C=O) groups is 2. The average molecular weight is 292 g/mol. The van der Waals surface area contributed by atoms with Gasteiger partial charge in [0.15, 0.2) is 0 Å². The molecule has 0 spiro atoms. The molecular weight excluding hydrogens is 268 g/mol. The first-order chi connectivity index (χ1) is 9.83. The molecule has 21 heavy (non-hydrogen) atoms. The highest BCUT2D eigenvalue weighted by atomic mass is 16.5. The Bertz CT molecular complexity index is 492. The number of hydrogen-bond donors (Lipinski definition) is 2. The van der Waals surface area contributed by atoms with Crippen LogP contribution in [-0.2, 0) is 9.53 Å². The van der Waals surface area contributed by atoms with Crippen molar-refractivity contribution in [1.29, 1.82) is 0 Å². The summed E-state index contributed by atoms with van der Waals surface area (Å²) in [6.07, 6.45) is -0.577. The lowest BCUT2D eigenvalue weighted by Crippen LogP contribution is -2.47. The van der Waals surface area contributed by atoms with Crippen LogP contribution in [0.15, 0.2) is 18.2 Å². The van der Waals surface area contributed by atoms with E-state index in [0.717, 1.165) is 16.8 Å². The summed E-state index contributed by atoms with van der Waals surface area (Å²) in [4.78, 5) is 23.8. The third kappa shape index (κ3) is 5.45. The van der Waals surface area contributed by atoms with E-state index in [4.69, 9.17) is 4.74 Å². The van der Waals surface area contributed by atoms with Crippen LogP contribution in [0.2, 0.25) is 0 Å². The van der Waals surface area contributed by atoms with Crippen LogP contribution in [0.3, 0.4) is 0 Å². The summed E-state index contributed by atoms with van der Waals surface area (Å²) in [6, 6.07) is 5.19. The number of aryl methyl sites for hydroxylation is 2. The van der Waals surface area contributed by atoms with Crippen LogP contribution >= 0.6 is 0 Å². The second-order valence-corrected chi connectivity index (χ2v) is 5.45. The summed E-state index contributed by atoms with van der Waals surface area (Å²) in [5.41, 5.74) is 2.88. The van der Waals surface area contributed by atoms with E-state index in [9.17, 15) is 9.59 Å². The van der Waals surface area contributed by atoms with Gasteiger partial charge < -0.3 is 15.4 Å². The number of nitrogens with one attached hydrogen (secondary N) is 2. The molecule has 1 rings (SSSR count). The molecule has 2 N–H and O–H groups in total. The zero-order chi connectivity index (χ0) is 16.0. The Hall–Kier alpha value is -2.04. The van der Waals surface area contributed by atoms with Crippen LogP contribution < -0.4 is 10.6 Å². The van der Waals surface area contributed by atoms with Gasteiger partial charge in [-0.1, -0.05) is 19.9 Å². The Morgan fingerprint density at radius 1 is 1.14 bits per heavy atom. The average Bonchev–Trinajstić information content (AvgIpc) is 2.34. The molecule has 0 aromatic heterocycles.